The average Bonchev–Trinajstić information content (AvgIpc) is 3.24. The molecule has 3 N–H and O–H groups in total. The van der Waals surface area contributed by atoms with E-state index in [4.69, 9.17) is 5.11 Å². The van der Waals surface area contributed by atoms with Gasteiger partial charge in [-0.3, -0.25) is 9.59 Å². The fourth-order valence-corrected chi connectivity index (χ4v) is 1.94. The van der Waals surface area contributed by atoms with Gasteiger partial charge in [-0.1, -0.05) is 12.1 Å². The molecule has 1 aromatic rings. The van der Waals surface area contributed by atoms with Crippen molar-refractivity contribution in [1.29, 1.82) is 0 Å². The van der Waals surface area contributed by atoms with Crippen LogP contribution in [0.2, 0.25) is 0 Å². The Labute approximate surface area is 124 Å². The van der Waals surface area contributed by atoms with Crippen LogP contribution in [-0.2, 0) is 16.0 Å². The lowest BCUT2D eigenvalue weighted by Crippen LogP contribution is -2.46. The van der Waals surface area contributed by atoms with E-state index in [-0.39, 0.29) is 30.8 Å². The highest BCUT2D eigenvalue weighted by molar-refractivity contribution is 5.94. The van der Waals surface area contributed by atoms with Crippen molar-refractivity contribution in [2.45, 2.75) is 38.6 Å². The van der Waals surface area contributed by atoms with Gasteiger partial charge in [0.1, 0.15) is 0 Å². The monoisotopic (exact) mass is 290 g/mol. The number of nitrogens with one attached hydrogen (secondary N) is 2. The molecular weight excluding hydrogens is 268 g/mol. The van der Waals surface area contributed by atoms with Crippen molar-refractivity contribution in [1.82, 2.24) is 5.32 Å². The van der Waals surface area contributed by atoms with Crippen LogP contribution in [0.5, 0.6) is 0 Å². The van der Waals surface area contributed by atoms with Gasteiger partial charge in [-0.05, 0) is 44.4 Å². The number of hydrogen-bond donors (Lipinski definition) is 3. The van der Waals surface area contributed by atoms with Gasteiger partial charge in [0, 0.05) is 11.6 Å². The fourth-order valence-electron chi connectivity index (χ4n) is 1.94. The van der Waals surface area contributed by atoms with Gasteiger partial charge in [-0.2, -0.15) is 0 Å². The third kappa shape index (κ3) is 4.86. The fraction of sp³-hybridized carbons (Fsp3) is 0.500. The maximum absolute atomic E-state index is 11.9. The number of amides is 2. The minimum absolute atomic E-state index is 0.0742. The Balaban J connectivity index is 1.86. The number of rotatable bonds is 6. The molecule has 0 aliphatic heterocycles. The minimum Gasteiger partial charge on any atom is -0.394 e. The minimum atomic E-state index is -0.616. The molecule has 0 radical (unpaired) electrons. The summed E-state index contributed by atoms with van der Waals surface area (Å²) < 4.78 is 0. The second kappa shape index (κ2) is 6.26. The largest absolute Gasteiger partial charge is 0.394 e. The molecule has 0 unspecified atom stereocenters. The maximum Gasteiger partial charge on any atom is 0.227 e. The molecule has 1 aliphatic carbocycles. The van der Waals surface area contributed by atoms with Crippen LogP contribution in [0.4, 0.5) is 5.69 Å². The first-order chi connectivity index (χ1) is 9.89. The zero-order chi connectivity index (χ0) is 15.5. The summed E-state index contributed by atoms with van der Waals surface area (Å²) in [5.74, 6) is 0.116. The molecule has 114 valence electrons. The molecule has 1 aromatic carbocycles. The predicted molar refractivity (Wildman–Crippen MR) is 80.8 cm³/mol. The van der Waals surface area contributed by atoms with Gasteiger partial charge in [-0.25, -0.2) is 0 Å². The molecule has 2 rings (SSSR count). The molecular formula is C16H22N2O3. The molecule has 0 spiro atoms. The topological polar surface area (TPSA) is 78.4 Å². The first-order valence-electron chi connectivity index (χ1n) is 7.21. The number of anilines is 1. The molecule has 2 amide bonds. The zero-order valence-electron chi connectivity index (χ0n) is 12.5. The van der Waals surface area contributed by atoms with Crippen LogP contribution >= 0.6 is 0 Å². The first kappa shape index (κ1) is 15.5. The number of aliphatic hydroxyl groups excluding tert-OH is 1. The van der Waals surface area contributed by atoms with E-state index in [0.29, 0.717) is 0 Å². The predicted octanol–water partition coefficient (Wildman–Crippen LogP) is 1.46. The van der Waals surface area contributed by atoms with Gasteiger partial charge >= 0.3 is 0 Å². The Morgan fingerprint density at radius 3 is 2.38 bits per heavy atom. The Morgan fingerprint density at radius 1 is 1.24 bits per heavy atom. The Kier molecular flexibility index (Phi) is 4.63. The van der Waals surface area contributed by atoms with Crippen molar-refractivity contribution in [2.24, 2.45) is 5.92 Å². The number of benzene rings is 1. The van der Waals surface area contributed by atoms with E-state index in [9.17, 15) is 9.59 Å². The molecule has 5 heteroatoms. The van der Waals surface area contributed by atoms with Crippen LogP contribution in [-0.4, -0.2) is 29.1 Å². The standard InChI is InChI=1S/C16H22N2O3/c1-16(2,10-19)18-14(20)9-11-3-7-13(8-4-11)17-15(21)12-5-6-12/h3-4,7-8,12,19H,5-6,9-10H2,1-2H3,(H,17,21)(H,18,20). The smallest absolute Gasteiger partial charge is 0.227 e. The molecule has 0 heterocycles. The number of aliphatic hydroxyl groups is 1. The van der Waals surface area contributed by atoms with Gasteiger partial charge in [0.2, 0.25) is 11.8 Å². The maximum atomic E-state index is 11.9. The van der Waals surface area contributed by atoms with E-state index in [2.05, 4.69) is 10.6 Å². The Hall–Kier alpha value is -1.88. The first-order valence-corrected chi connectivity index (χ1v) is 7.21. The van der Waals surface area contributed by atoms with Crippen molar-refractivity contribution in [3.05, 3.63) is 29.8 Å². The lowest BCUT2D eigenvalue weighted by Gasteiger charge is -2.23. The van der Waals surface area contributed by atoms with Gasteiger partial charge in [-0.15, -0.1) is 0 Å². The van der Waals surface area contributed by atoms with Crippen LogP contribution < -0.4 is 10.6 Å². The van der Waals surface area contributed by atoms with E-state index < -0.39 is 5.54 Å². The van der Waals surface area contributed by atoms with Crippen molar-refractivity contribution in [3.63, 3.8) is 0 Å². The SMILES string of the molecule is CC(C)(CO)NC(=O)Cc1ccc(NC(=O)C2CC2)cc1. The van der Waals surface area contributed by atoms with Crippen LogP contribution in [0.3, 0.4) is 0 Å². The van der Waals surface area contributed by atoms with E-state index >= 15 is 0 Å². The van der Waals surface area contributed by atoms with Crippen LogP contribution in [0, 0.1) is 5.92 Å². The van der Waals surface area contributed by atoms with E-state index in [1.165, 1.54) is 0 Å². The summed E-state index contributed by atoms with van der Waals surface area (Å²) in [6, 6.07) is 7.27. The average molecular weight is 290 g/mol. The molecule has 1 aliphatic rings. The van der Waals surface area contributed by atoms with Gasteiger partial charge < -0.3 is 15.7 Å². The molecule has 5 nitrogen and oxygen atoms in total. The number of carbonyl (C=O) groups is 2. The quantitative estimate of drug-likeness (QED) is 0.742. The van der Waals surface area contributed by atoms with Crippen LogP contribution in [0.25, 0.3) is 0 Å². The summed E-state index contributed by atoms with van der Waals surface area (Å²) in [4.78, 5) is 23.5. The van der Waals surface area contributed by atoms with Crippen LogP contribution in [0.15, 0.2) is 24.3 Å². The van der Waals surface area contributed by atoms with Gasteiger partial charge in [0.25, 0.3) is 0 Å². The highest BCUT2D eigenvalue weighted by Gasteiger charge is 2.29. The molecule has 0 aromatic heterocycles. The van der Waals surface area contributed by atoms with E-state index in [1.807, 2.05) is 12.1 Å². The molecule has 1 saturated carbocycles. The van der Waals surface area contributed by atoms with Crippen molar-refractivity contribution in [3.8, 4) is 0 Å². The van der Waals surface area contributed by atoms with Gasteiger partial charge in [0.15, 0.2) is 0 Å². The highest BCUT2D eigenvalue weighted by Crippen LogP contribution is 2.30. The van der Waals surface area contributed by atoms with Crippen molar-refractivity contribution < 1.29 is 14.7 Å². The zero-order valence-corrected chi connectivity index (χ0v) is 12.5. The van der Waals surface area contributed by atoms with Crippen molar-refractivity contribution in [2.75, 3.05) is 11.9 Å². The summed E-state index contributed by atoms with van der Waals surface area (Å²) in [6.07, 6.45) is 2.20. The van der Waals surface area contributed by atoms with Crippen LogP contribution in [0.1, 0.15) is 32.3 Å². The number of carbonyl (C=O) groups excluding carboxylic acids is 2. The van der Waals surface area contributed by atoms with E-state index in [0.717, 1.165) is 24.1 Å². The molecule has 0 bridgehead atoms. The normalized spacial score (nSPS) is 14.6. The summed E-state index contributed by atoms with van der Waals surface area (Å²) in [6.45, 7) is 3.42. The van der Waals surface area contributed by atoms with Gasteiger partial charge in [0.05, 0.1) is 18.6 Å². The third-order valence-corrected chi connectivity index (χ3v) is 3.41. The highest BCUT2D eigenvalue weighted by atomic mass is 16.3. The number of hydrogen-bond acceptors (Lipinski definition) is 3. The second-order valence-corrected chi connectivity index (χ2v) is 6.23. The third-order valence-electron chi connectivity index (χ3n) is 3.41. The summed E-state index contributed by atoms with van der Waals surface area (Å²) in [5, 5.41) is 14.7. The molecule has 1 fully saturated rings. The lowest BCUT2D eigenvalue weighted by atomic mass is 10.1. The van der Waals surface area contributed by atoms with Crippen molar-refractivity contribution >= 4 is 17.5 Å². The second-order valence-electron chi connectivity index (χ2n) is 6.23. The summed E-state index contributed by atoms with van der Waals surface area (Å²) >= 11 is 0. The summed E-state index contributed by atoms with van der Waals surface area (Å²) in [7, 11) is 0. The van der Waals surface area contributed by atoms with E-state index in [1.54, 1.807) is 26.0 Å². The molecule has 0 atom stereocenters. The molecule has 21 heavy (non-hydrogen) atoms. The molecule has 0 saturated heterocycles. The Bertz CT molecular complexity index is 519. The summed E-state index contributed by atoms with van der Waals surface area (Å²) in [5.41, 5.74) is 1.01. The lowest BCUT2D eigenvalue weighted by molar-refractivity contribution is -0.122. The Morgan fingerprint density at radius 2 is 1.86 bits per heavy atom.